The number of nitrogens with zero attached hydrogens (tertiary/aromatic N) is 3. The highest BCUT2D eigenvalue weighted by atomic mass is 16.5. The molecular weight excluding hydrogens is 292 g/mol. The van der Waals surface area contributed by atoms with Crippen molar-refractivity contribution in [2.24, 2.45) is 0 Å². The number of aromatic nitrogens is 3. The number of hydrogen-bond donors (Lipinski definition) is 1. The molecule has 0 saturated heterocycles. The number of nitrogens with one attached hydrogen (secondary N) is 1. The van der Waals surface area contributed by atoms with Gasteiger partial charge in [0.2, 0.25) is 5.91 Å². The second-order valence-electron chi connectivity index (χ2n) is 5.99. The number of carbonyl (C=O) groups excluding carboxylic acids is 1. The topological polar surface area (TPSA) is 69.0 Å². The minimum atomic E-state index is -0.0373. The molecule has 6 heteroatoms. The first-order chi connectivity index (χ1) is 11.1. The molecule has 0 spiro atoms. The number of carbonyl (C=O) groups is 1. The number of hydrogen-bond acceptors (Lipinski definition) is 4. The van der Waals surface area contributed by atoms with Gasteiger partial charge in [-0.05, 0) is 43.5 Å². The maximum atomic E-state index is 11.9. The van der Waals surface area contributed by atoms with Crippen molar-refractivity contribution in [3.05, 3.63) is 41.0 Å². The molecule has 1 aromatic heterocycles. The van der Waals surface area contributed by atoms with Gasteiger partial charge in [0.05, 0.1) is 19.6 Å². The van der Waals surface area contributed by atoms with Crippen LogP contribution in [0.2, 0.25) is 0 Å². The highest BCUT2D eigenvalue weighted by Crippen LogP contribution is 2.16. The van der Waals surface area contributed by atoms with Crippen LogP contribution in [0.3, 0.4) is 0 Å². The van der Waals surface area contributed by atoms with Crippen molar-refractivity contribution in [1.82, 2.24) is 20.1 Å². The van der Waals surface area contributed by atoms with Crippen LogP contribution < -0.4 is 10.1 Å². The fourth-order valence-electron chi connectivity index (χ4n) is 2.89. The summed E-state index contributed by atoms with van der Waals surface area (Å²) in [6.07, 6.45) is 2.41. The summed E-state index contributed by atoms with van der Waals surface area (Å²) in [6, 6.07) is 6.05. The van der Waals surface area contributed by atoms with E-state index in [-0.39, 0.29) is 5.91 Å². The summed E-state index contributed by atoms with van der Waals surface area (Å²) in [5, 5.41) is 11.1. The Hall–Kier alpha value is -2.37. The van der Waals surface area contributed by atoms with Crippen molar-refractivity contribution >= 4 is 5.91 Å². The Morgan fingerprint density at radius 2 is 2.04 bits per heavy atom. The minimum absolute atomic E-state index is 0.0373. The van der Waals surface area contributed by atoms with Crippen LogP contribution >= 0.6 is 0 Å². The van der Waals surface area contributed by atoms with Crippen molar-refractivity contribution in [1.29, 1.82) is 0 Å². The summed E-state index contributed by atoms with van der Waals surface area (Å²) >= 11 is 0. The van der Waals surface area contributed by atoms with Crippen LogP contribution in [0.1, 0.15) is 35.6 Å². The number of benzene rings is 1. The van der Waals surface area contributed by atoms with Crippen molar-refractivity contribution in [3.63, 3.8) is 0 Å². The smallest absolute Gasteiger partial charge is 0.223 e. The highest BCUT2D eigenvalue weighted by molar-refractivity contribution is 5.75. The molecule has 2 heterocycles. The summed E-state index contributed by atoms with van der Waals surface area (Å²) in [5.41, 5.74) is 2.32. The highest BCUT2D eigenvalue weighted by Gasteiger charge is 2.17. The van der Waals surface area contributed by atoms with Gasteiger partial charge in [-0.1, -0.05) is 6.07 Å². The molecule has 0 radical (unpaired) electrons. The van der Waals surface area contributed by atoms with Crippen LogP contribution in [0.5, 0.6) is 5.75 Å². The Bertz CT molecular complexity index is 688. The van der Waals surface area contributed by atoms with Gasteiger partial charge in [0, 0.05) is 13.0 Å². The lowest BCUT2D eigenvalue weighted by Gasteiger charge is -2.09. The molecule has 1 N–H and O–H groups in total. The van der Waals surface area contributed by atoms with Gasteiger partial charge in [0.1, 0.15) is 11.6 Å². The molecule has 0 aliphatic carbocycles. The number of amides is 1. The van der Waals surface area contributed by atoms with E-state index in [1.165, 1.54) is 0 Å². The summed E-state index contributed by atoms with van der Waals surface area (Å²) in [4.78, 5) is 11.9. The Balaban J connectivity index is 1.43. The van der Waals surface area contributed by atoms with E-state index in [1.54, 1.807) is 0 Å². The molecule has 2 aromatic rings. The predicted octanol–water partition coefficient (Wildman–Crippen LogP) is 1.93. The molecule has 1 aliphatic heterocycles. The lowest BCUT2D eigenvalue weighted by molar-refractivity contribution is -0.121. The average molecular weight is 314 g/mol. The van der Waals surface area contributed by atoms with Crippen LogP contribution in [-0.4, -0.2) is 27.3 Å². The zero-order valence-electron chi connectivity index (χ0n) is 13.6. The summed E-state index contributed by atoms with van der Waals surface area (Å²) in [7, 11) is 0. The van der Waals surface area contributed by atoms with Crippen molar-refractivity contribution < 1.29 is 9.53 Å². The Morgan fingerprint density at radius 1 is 1.26 bits per heavy atom. The molecule has 0 saturated carbocycles. The molecule has 3 rings (SSSR count). The van der Waals surface area contributed by atoms with Crippen molar-refractivity contribution in [2.45, 2.75) is 46.2 Å². The fourth-order valence-corrected chi connectivity index (χ4v) is 2.89. The Labute approximate surface area is 135 Å². The number of rotatable bonds is 6. The fraction of sp³-hybridized carbons (Fsp3) is 0.471. The van der Waals surface area contributed by atoms with Gasteiger partial charge in [-0.3, -0.25) is 4.79 Å². The van der Waals surface area contributed by atoms with Crippen LogP contribution in [-0.2, 0) is 24.3 Å². The second kappa shape index (κ2) is 6.81. The number of fused-ring (bicyclic) bond motifs is 1. The third-order valence-electron chi connectivity index (χ3n) is 3.92. The third kappa shape index (κ3) is 3.88. The van der Waals surface area contributed by atoms with Crippen molar-refractivity contribution in [2.75, 3.05) is 6.61 Å². The summed E-state index contributed by atoms with van der Waals surface area (Å²) in [6.45, 7) is 5.80. The number of aryl methyl sites for hydroxylation is 3. The van der Waals surface area contributed by atoms with Gasteiger partial charge in [-0.15, -0.1) is 10.2 Å². The van der Waals surface area contributed by atoms with Gasteiger partial charge in [0.15, 0.2) is 5.82 Å². The monoisotopic (exact) mass is 314 g/mol. The van der Waals surface area contributed by atoms with E-state index in [0.717, 1.165) is 47.9 Å². The molecule has 122 valence electrons. The molecule has 1 amide bonds. The first kappa shape index (κ1) is 15.5. The van der Waals surface area contributed by atoms with Gasteiger partial charge in [0.25, 0.3) is 0 Å². The maximum absolute atomic E-state index is 11.9. The van der Waals surface area contributed by atoms with E-state index < -0.39 is 0 Å². The van der Waals surface area contributed by atoms with Gasteiger partial charge >= 0.3 is 0 Å². The number of ether oxygens (including phenoxy) is 1. The average Bonchev–Trinajstić information content (AvgIpc) is 3.07. The minimum Gasteiger partial charge on any atom is -0.493 e. The molecule has 6 nitrogen and oxygen atoms in total. The molecule has 0 fully saturated rings. The summed E-state index contributed by atoms with van der Waals surface area (Å²) in [5.74, 6) is 2.63. The van der Waals surface area contributed by atoms with Gasteiger partial charge < -0.3 is 14.6 Å². The van der Waals surface area contributed by atoms with Gasteiger partial charge in [-0.25, -0.2) is 0 Å². The first-order valence-electron chi connectivity index (χ1n) is 8.00. The van der Waals surface area contributed by atoms with Crippen molar-refractivity contribution in [3.8, 4) is 5.75 Å². The third-order valence-corrected chi connectivity index (χ3v) is 3.92. The maximum Gasteiger partial charge on any atom is 0.223 e. The Kier molecular flexibility index (Phi) is 4.60. The summed E-state index contributed by atoms with van der Waals surface area (Å²) < 4.78 is 7.74. The first-order valence-corrected chi connectivity index (χ1v) is 8.00. The molecule has 0 atom stereocenters. The van der Waals surface area contributed by atoms with E-state index in [9.17, 15) is 4.79 Å². The van der Waals surface area contributed by atoms with Gasteiger partial charge in [-0.2, -0.15) is 0 Å². The molecule has 0 unspecified atom stereocenters. The zero-order valence-corrected chi connectivity index (χ0v) is 13.6. The SMILES string of the molecule is Cc1cc(C)cc(OCCC(=O)NCc2nnc3n2CCC3)c1. The lowest BCUT2D eigenvalue weighted by Crippen LogP contribution is -2.26. The zero-order chi connectivity index (χ0) is 16.2. The largest absolute Gasteiger partial charge is 0.493 e. The molecule has 1 aromatic carbocycles. The molecular formula is C17H22N4O2. The van der Waals surface area contributed by atoms with Crippen LogP contribution in [0.4, 0.5) is 0 Å². The van der Waals surface area contributed by atoms with E-state index >= 15 is 0 Å². The van der Waals surface area contributed by atoms with Crippen LogP contribution in [0, 0.1) is 13.8 Å². The molecule has 1 aliphatic rings. The van der Waals surface area contributed by atoms with E-state index in [1.807, 2.05) is 26.0 Å². The van der Waals surface area contributed by atoms with E-state index in [4.69, 9.17) is 4.74 Å². The standard InChI is InChI=1S/C17H22N4O2/c1-12-8-13(2)10-14(9-12)23-7-5-17(22)18-11-16-20-19-15-4-3-6-21(15)16/h8-10H,3-7,11H2,1-2H3,(H,18,22). The quantitative estimate of drug-likeness (QED) is 0.884. The predicted molar refractivity (Wildman–Crippen MR) is 86.2 cm³/mol. The molecule has 0 bridgehead atoms. The van der Waals surface area contributed by atoms with Crippen LogP contribution in [0.25, 0.3) is 0 Å². The van der Waals surface area contributed by atoms with Crippen LogP contribution in [0.15, 0.2) is 18.2 Å². The van der Waals surface area contributed by atoms with E-state index in [2.05, 4.69) is 26.1 Å². The second-order valence-corrected chi connectivity index (χ2v) is 5.99. The molecule has 23 heavy (non-hydrogen) atoms. The normalized spacial score (nSPS) is 13.0. The van der Waals surface area contributed by atoms with E-state index in [0.29, 0.717) is 19.6 Å². The lowest BCUT2D eigenvalue weighted by atomic mass is 10.1. The Morgan fingerprint density at radius 3 is 2.83 bits per heavy atom.